The normalized spacial score (nSPS) is 22.6. The van der Waals surface area contributed by atoms with Crippen LogP contribution in [-0.2, 0) is 4.79 Å². The van der Waals surface area contributed by atoms with Crippen LogP contribution < -0.4 is 0 Å². The summed E-state index contributed by atoms with van der Waals surface area (Å²) in [6, 6.07) is 4.75. The number of piperidine rings is 1. The molecule has 2 heterocycles. The summed E-state index contributed by atoms with van der Waals surface area (Å²) >= 11 is 1.81. The van der Waals surface area contributed by atoms with Crippen molar-refractivity contribution in [2.24, 2.45) is 11.8 Å². The first-order chi connectivity index (χ1) is 9.08. The molecule has 1 aromatic heterocycles. The Morgan fingerprint density at radius 1 is 1.58 bits per heavy atom. The van der Waals surface area contributed by atoms with Crippen molar-refractivity contribution in [2.45, 2.75) is 39.2 Å². The predicted octanol–water partition coefficient (Wildman–Crippen LogP) is 3.63. The molecule has 3 nitrogen and oxygen atoms in total. The minimum absolute atomic E-state index is 0.311. The number of aliphatic carboxylic acids is 1. The zero-order valence-electron chi connectivity index (χ0n) is 11.7. The Kier molecular flexibility index (Phi) is 4.99. The van der Waals surface area contributed by atoms with Crippen molar-refractivity contribution in [2.75, 3.05) is 13.1 Å². The molecule has 0 aromatic carbocycles. The van der Waals surface area contributed by atoms with Crippen LogP contribution in [0.25, 0.3) is 0 Å². The molecule has 0 aliphatic carbocycles. The minimum Gasteiger partial charge on any atom is -0.481 e. The molecule has 1 aliphatic rings. The molecule has 2 rings (SSSR count). The third-order valence-electron chi connectivity index (χ3n) is 3.87. The average molecular weight is 281 g/mol. The van der Waals surface area contributed by atoms with E-state index in [9.17, 15) is 4.79 Å². The summed E-state index contributed by atoms with van der Waals surface area (Å²) in [6.45, 7) is 6.53. The van der Waals surface area contributed by atoms with Gasteiger partial charge >= 0.3 is 5.97 Å². The van der Waals surface area contributed by atoms with Gasteiger partial charge in [0, 0.05) is 23.9 Å². The molecule has 2 atom stereocenters. The monoisotopic (exact) mass is 281 g/mol. The smallest absolute Gasteiger partial charge is 0.303 e. The number of rotatable bonds is 5. The maximum Gasteiger partial charge on any atom is 0.303 e. The number of carboxylic acids is 1. The van der Waals surface area contributed by atoms with Gasteiger partial charge in [-0.2, -0.15) is 0 Å². The highest BCUT2D eigenvalue weighted by molar-refractivity contribution is 7.10. The van der Waals surface area contributed by atoms with E-state index in [0.29, 0.717) is 24.3 Å². The van der Waals surface area contributed by atoms with E-state index in [2.05, 4.69) is 36.3 Å². The van der Waals surface area contributed by atoms with E-state index in [1.54, 1.807) is 0 Å². The van der Waals surface area contributed by atoms with Gasteiger partial charge in [-0.25, -0.2) is 0 Å². The number of hydrogen-bond acceptors (Lipinski definition) is 3. The van der Waals surface area contributed by atoms with E-state index < -0.39 is 5.97 Å². The van der Waals surface area contributed by atoms with Crippen LogP contribution in [0.3, 0.4) is 0 Å². The SMILES string of the molecule is CC(C)C(c1cccs1)N1CCCC(CC(=O)O)C1. The molecule has 0 spiro atoms. The lowest BCUT2D eigenvalue weighted by molar-refractivity contribution is -0.138. The summed E-state index contributed by atoms with van der Waals surface area (Å²) in [6.07, 6.45) is 2.48. The van der Waals surface area contributed by atoms with E-state index in [1.165, 1.54) is 4.88 Å². The van der Waals surface area contributed by atoms with E-state index in [4.69, 9.17) is 5.11 Å². The highest BCUT2D eigenvalue weighted by atomic mass is 32.1. The molecule has 1 fully saturated rings. The van der Waals surface area contributed by atoms with Gasteiger partial charge in [-0.3, -0.25) is 9.69 Å². The maximum absolute atomic E-state index is 10.9. The molecule has 1 saturated heterocycles. The second-order valence-corrected chi connectivity index (χ2v) is 6.78. The minimum atomic E-state index is -0.663. The molecule has 106 valence electrons. The zero-order valence-corrected chi connectivity index (χ0v) is 12.5. The summed E-state index contributed by atoms with van der Waals surface area (Å²) in [5.41, 5.74) is 0. The molecule has 0 bridgehead atoms. The quantitative estimate of drug-likeness (QED) is 0.896. The lowest BCUT2D eigenvalue weighted by Gasteiger charge is -2.39. The molecule has 0 radical (unpaired) electrons. The molecular weight excluding hydrogens is 258 g/mol. The second kappa shape index (κ2) is 6.53. The Balaban J connectivity index is 2.07. The Hall–Kier alpha value is -0.870. The highest BCUT2D eigenvalue weighted by Gasteiger charge is 2.30. The van der Waals surface area contributed by atoms with Gasteiger partial charge in [-0.1, -0.05) is 19.9 Å². The van der Waals surface area contributed by atoms with Crippen LogP contribution in [0.2, 0.25) is 0 Å². The maximum atomic E-state index is 10.9. The lowest BCUT2D eigenvalue weighted by atomic mass is 9.91. The molecular formula is C15H23NO2S. The van der Waals surface area contributed by atoms with Crippen LogP contribution in [0.1, 0.15) is 44.0 Å². The molecule has 0 amide bonds. The van der Waals surface area contributed by atoms with Crippen LogP contribution in [0.5, 0.6) is 0 Å². The highest BCUT2D eigenvalue weighted by Crippen LogP contribution is 2.35. The fourth-order valence-electron chi connectivity index (χ4n) is 3.15. The topological polar surface area (TPSA) is 40.5 Å². The zero-order chi connectivity index (χ0) is 13.8. The molecule has 1 aliphatic heterocycles. The van der Waals surface area contributed by atoms with Crippen LogP contribution >= 0.6 is 11.3 Å². The summed E-state index contributed by atoms with van der Waals surface area (Å²) < 4.78 is 0. The van der Waals surface area contributed by atoms with E-state index in [0.717, 1.165) is 25.9 Å². The van der Waals surface area contributed by atoms with E-state index in [-0.39, 0.29) is 0 Å². The van der Waals surface area contributed by atoms with Gasteiger partial charge in [-0.15, -0.1) is 11.3 Å². The summed E-state index contributed by atoms with van der Waals surface area (Å²) in [7, 11) is 0. The second-order valence-electron chi connectivity index (χ2n) is 5.81. The van der Waals surface area contributed by atoms with E-state index >= 15 is 0 Å². The van der Waals surface area contributed by atoms with Gasteiger partial charge in [0.15, 0.2) is 0 Å². The summed E-state index contributed by atoms with van der Waals surface area (Å²) in [4.78, 5) is 14.8. The average Bonchev–Trinajstić information content (AvgIpc) is 2.82. The third kappa shape index (κ3) is 3.80. The number of carboxylic acid groups (broad SMARTS) is 1. The standard InChI is InChI=1S/C15H23NO2S/c1-11(2)15(13-6-4-8-19-13)16-7-3-5-12(10-16)9-14(17)18/h4,6,8,11-12,15H,3,5,7,9-10H2,1-2H3,(H,17,18). The van der Waals surface area contributed by atoms with Gasteiger partial charge in [0.1, 0.15) is 0 Å². The van der Waals surface area contributed by atoms with Gasteiger partial charge in [0.2, 0.25) is 0 Å². The number of nitrogens with zero attached hydrogens (tertiary/aromatic N) is 1. The van der Waals surface area contributed by atoms with Gasteiger partial charge in [0.25, 0.3) is 0 Å². The summed E-state index contributed by atoms with van der Waals surface area (Å²) in [5.74, 6) is 0.207. The first-order valence-corrected chi connectivity index (χ1v) is 7.95. The van der Waals surface area contributed by atoms with Crippen molar-refractivity contribution in [3.05, 3.63) is 22.4 Å². The number of likely N-dealkylation sites (tertiary alicyclic amines) is 1. The fraction of sp³-hybridized carbons (Fsp3) is 0.667. The number of thiophene rings is 1. The van der Waals surface area contributed by atoms with Crippen LogP contribution in [-0.4, -0.2) is 29.1 Å². The summed E-state index contributed by atoms with van der Waals surface area (Å²) in [5, 5.41) is 11.1. The molecule has 0 saturated carbocycles. The Morgan fingerprint density at radius 2 is 2.37 bits per heavy atom. The molecule has 19 heavy (non-hydrogen) atoms. The fourth-order valence-corrected chi connectivity index (χ4v) is 4.19. The largest absolute Gasteiger partial charge is 0.481 e. The van der Waals surface area contributed by atoms with Crippen molar-refractivity contribution in [1.82, 2.24) is 4.90 Å². The van der Waals surface area contributed by atoms with Crippen LogP contribution in [0.4, 0.5) is 0 Å². The first-order valence-electron chi connectivity index (χ1n) is 7.07. The van der Waals surface area contributed by atoms with Gasteiger partial charge in [-0.05, 0) is 42.7 Å². The number of hydrogen-bond donors (Lipinski definition) is 1. The molecule has 4 heteroatoms. The Labute approximate surface area is 119 Å². The van der Waals surface area contributed by atoms with Crippen molar-refractivity contribution < 1.29 is 9.90 Å². The van der Waals surface area contributed by atoms with Crippen LogP contribution in [0, 0.1) is 11.8 Å². The van der Waals surface area contributed by atoms with Gasteiger partial charge in [0.05, 0.1) is 0 Å². The molecule has 1 aromatic rings. The first kappa shape index (κ1) is 14.5. The third-order valence-corrected chi connectivity index (χ3v) is 4.82. The molecule has 1 N–H and O–H groups in total. The molecule has 2 unspecified atom stereocenters. The predicted molar refractivity (Wildman–Crippen MR) is 78.4 cm³/mol. The van der Waals surface area contributed by atoms with Crippen LogP contribution in [0.15, 0.2) is 17.5 Å². The Bertz CT molecular complexity index is 402. The van der Waals surface area contributed by atoms with Crippen molar-refractivity contribution in [3.63, 3.8) is 0 Å². The Morgan fingerprint density at radius 3 is 2.95 bits per heavy atom. The van der Waals surface area contributed by atoms with Crippen molar-refractivity contribution in [1.29, 1.82) is 0 Å². The van der Waals surface area contributed by atoms with E-state index in [1.807, 2.05) is 11.3 Å². The lowest BCUT2D eigenvalue weighted by Crippen LogP contribution is -2.40. The van der Waals surface area contributed by atoms with Crippen molar-refractivity contribution in [3.8, 4) is 0 Å². The van der Waals surface area contributed by atoms with Crippen molar-refractivity contribution >= 4 is 17.3 Å². The van der Waals surface area contributed by atoms with Gasteiger partial charge < -0.3 is 5.11 Å². The number of carbonyl (C=O) groups is 1.